The standard InChI is InChI=1S/C37H54N4O6/c1-25(21-38-36(45)47-24-27-15-17-30(46-5)18-16-27)34(43)39-31(19-26-11-7-6-8-12-26)33(42)23-41-22-29-14-10-9-13-28(29)20-32(41)35(44)40-37(2,3)4/h6-8,11-12,15-18,25,28-29,31-33,42H,9-10,13-14,19-24H2,1-5H3,(H,38,45)(H,39,43)(H,40,44)/t25-,28-,29+,31-,32-,33+/m0/s1. The number of hydrogen-bond acceptors (Lipinski definition) is 7. The minimum Gasteiger partial charge on any atom is -0.497 e. The summed E-state index contributed by atoms with van der Waals surface area (Å²) in [6.07, 6.45) is 4.37. The van der Waals surface area contributed by atoms with E-state index in [0.717, 1.165) is 36.9 Å². The Balaban J connectivity index is 1.38. The molecule has 258 valence electrons. The van der Waals surface area contributed by atoms with E-state index < -0.39 is 24.2 Å². The van der Waals surface area contributed by atoms with E-state index in [0.29, 0.717) is 24.0 Å². The number of carbonyl (C=O) groups excluding carboxylic acids is 3. The van der Waals surface area contributed by atoms with Crippen LogP contribution in [0.2, 0.25) is 0 Å². The molecular weight excluding hydrogens is 596 g/mol. The molecule has 1 aliphatic carbocycles. The number of fused-ring (bicyclic) bond motifs is 1. The normalized spacial score (nSPS) is 21.8. The lowest BCUT2D eigenvalue weighted by molar-refractivity contribution is -0.133. The summed E-state index contributed by atoms with van der Waals surface area (Å²) in [4.78, 5) is 41.4. The van der Waals surface area contributed by atoms with Gasteiger partial charge in [0.1, 0.15) is 12.4 Å². The van der Waals surface area contributed by atoms with Crippen LogP contribution in [0.25, 0.3) is 0 Å². The van der Waals surface area contributed by atoms with Crippen LogP contribution < -0.4 is 20.7 Å². The second kappa shape index (κ2) is 17.0. The molecule has 2 aromatic carbocycles. The minimum atomic E-state index is -0.918. The zero-order valence-electron chi connectivity index (χ0n) is 28.7. The first-order valence-electron chi connectivity index (χ1n) is 17.0. The fourth-order valence-corrected chi connectivity index (χ4v) is 6.72. The van der Waals surface area contributed by atoms with E-state index in [2.05, 4.69) is 20.9 Å². The number of methoxy groups -OCH3 is 1. The van der Waals surface area contributed by atoms with Crippen LogP contribution in [0, 0.1) is 17.8 Å². The van der Waals surface area contributed by atoms with Gasteiger partial charge in [0.2, 0.25) is 11.8 Å². The molecule has 0 radical (unpaired) electrons. The van der Waals surface area contributed by atoms with E-state index in [9.17, 15) is 19.5 Å². The number of likely N-dealkylation sites (tertiary alicyclic amines) is 1. The third-order valence-electron chi connectivity index (χ3n) is 9.34. The summed E-state index contributed by atoms with van der Waals surface area (Å²) in [5.41, 5.74) is 1.44. The van der Waals surface area contributed by atoms with Crippen LogP contribution in [-0.4, -0.2) is 78.4 Å². The average molecular weight is 651 g/mol. The van der Waals surface area contributed by atoms with Crippen LogP contribution in [0.15, 0.2) is 54.6 Å². The fraction of sp³-hybridized carbons (Fsp3) is 0.595. The van der Waals surface area contributed by atoms with Crippen LogP contribution in [0.3, 0.4) is 0 Å². The molecule has 4 rings (SSSR count). The number of ether oxygens (including phenoxy) is 2. The minimum absolute atomic E-state index is 0.00376. The third kappa shape index (κ3) is 11.2. The fourth-order valence-electron chi connectivity index (χ4n) is 6.72. The Labute approximate surface area is 280 Å². The van der Waals surface area contributed by atoms with Gasteiger partial charge in [-0.2, -0.15) is 0 Å². The Morgan fingerprint density at radius 1 is 0.979 bits per heavy atom. The van der Waals surface area contributed by atoms with Crippen LogP contribution in [0.4, 0.5) is 4.79 Å². The number of β-amino-alcohol motifs (C(OH)–C–C–N with tert-alkyl or cyclic N) is 1. The lowest BCUT2D eigenvalue weighted by Gasteiger charge is -2.47. The van der Waals surface area contributed by atoms with Crippen molar-refractivity contribution in [1.29, 1.82) is 0 Å². The largest absolute Gasteiger partial charge is 0.497 e. The number of alkyl carbamates (subject to hydrolysis) is 1. The molecule has 6 atom stereocenters. The van der Waals surface area contributed by atoms with Gasteiger partial charge in [0.15, 0.2) is 0 Å². The maximum atomic E-state index is 13.5. The SMILES string of the molecule is COc1ccc(COC(=O)NC[C@H](C)C(=O)N[C@@H](Cc2ccccc2)[C@H](O)CN2C[C@H]3CCCC[C@H]3C[C@H]2C(=O)NC(C)(C)C)cc1. The Morgan fingerprint density at radius 3 is 2.32 bits per heavy atom. The van der Waals surface area contributed by atoms with E-state index in [-0.39, 0.29) is 43.1 Å². The van der Waals surface area contributed by atoms with Crippen LogP contribution >= 0.6 is 0 Å². The zero-order valence-corrected chi connectivity index (χ0v) is 28.7. The first-order valence-corrected chi connectivity index (χ1v) is 17.0. The maximum Gasteiger partial charge on any atom is 0.407 e. The van der Waals surface area contributed by atoms with Crippen molar-refractivity contribution in [2.75, 3.05) is 26.7 Å². The van der Waals surface area contributed by atoms with Gasteiger partial charge in [0.05, 0.1) is 31.2 Å². The van der Waals surface area contributed by atoms with Crippen molar-refractivity contribution in [1.82, 2.24) is 20.9 Å². The van der Waals surface area contributed by atoms with Gasteiger partial charge in [-0.3, -0.25) is 14.5 Å². The molecule has 4 N–H and O–H groups in total. The van der Waals surface area contributed by atoms with E-state index in [1.807, 2.05) is 63.2 Å². The highest BCUT2D eigenvalue weighted by atomic mass is 16.5. The molecule has 2 fully saturated rings. The monoisotopic (exact) mass is 650 g/mol. The molecule has 0 bridgehead atoms. The van der Waals surface area contributed by atoms with Gasteiger partial charge in [-0.05, 0) is 75.1 Å². The second-order valence-electron chi connectivity index (χ2n) is 14.3. The number of carbonyl (C=O) groups is 3. The number of aliphatic hydroxyl groups excluding tert-OH is 1. The van der Waals surface area contributed by atoms with Gasteiger partial charge < -0.3 is 30.5 Å². The third-order valence-corrected chi connectivity index (χ3v) is 9.34. The Kier molecular flexibility index (Phi) is 13.1. The first-order chi connectivity index (χ1) is 22.4. The van der Waals surface area contributed by atoms with Crippen LogP contribution in [0.1, 0.15) is 70.9 Å². The molecule has 1 saturated heterocycles. The highest BCUT2D eigenvalue weighted by Crippen LogP contribution is 2.39. The number of piperidine rings is 1. The molecule has 1 heterocycles. The highest BCUT2D eigenvalue weighted by molar-refractivity contribution is 5.82. The van der Waals surface area contributed by atoms with Gasteiger partial charge in [-0.15, -0.1) is 0 Å². The van der Waals surface area contributed by atoms with Crippen molar-refractivity contribution in [2.45, 2.75) is 96.6 Å². The molecular formula is C37H54N4O6. The Hall–Kier alpha value is -3.63. The molecule has 0 spiro atoms. The number of amides is 3. The smallest absolute Gasteiger partial charge is 0.407 e. The molecule has 2 aromatic rings. The first kappa shape index (κ1) is 36.2. The van der Waals surface area contributed by atoms with Crippen molar-refractivity contribution in [3.63, 3.8) is 0 Å². The lowest BCUT2D eigenvalue weighted by Crippen LogP contribution is -2.60. The van der Waals surface area contributed by atoms with Gasteiger partial charge in [-0.25, -0.2) is 4.79 Å². The van der Waals surface area contributed by atoms with Crippen molar-refractivity contribution in [3.05, 3.63) is 65.7 Å². The molecule has 0 unspecified atom stereocenters. The van der Waals surface area contributed by atoms with Crippen LogP contribution in [0.5, 0.6) is 5.75 Å². The molecule has 3 amide bonds. The van der Waals surface area contributed by atoms with Crippen molar-refractivity contribution in [3.8, 4) is 5.75 Å². The summed E-state index contributed by atoms with van der Waals surface area (Å²) < 4.78 is 10.5. The molecule has 2 aliphatic rings. The molecule has 1 saturated carbocycles. The molecule has 0 aromatic heterocycles. The average Bonchev–Trinajstić information content (AvgIpc) is 3.05. The highest BCUT2D eigenvalue weighted by Gasteiger charge is 2.41. The van der Waals surface area contributed by atoms with Gasteiger partial charge >= 0.3 is 6.09 Å². The summed E-state index contributed by atoms with van der Waals surface area (Å²) in [5, 5.41) is 20.6. The number of benzene rings is 2. The van der Waals surface area contributed by atoms with E-state index >= 15 is 0 Å². The van der Waals surface area contributed by atoms with Crippen LogP contribution in [-0.2, 0) is 27.4 Å². The quantitative estimate of drug-likeness (QED) is 0.252. The second-order valence-corrected chi connectivity index (χ2v) is 14.3. The summed E-state index contributed by atoms with van der Waals surface area (Å²) in [6, 6.07) is 16.1. The Bertz CT molecular complexity index is 1300. The van der Waals surface area contributed by atoms with Gasteiger partial charge in [-0.1, -0.05) is 68.7 Å². The summed E-state index contributed by atoms with van der Waals surface area (Å²) >= 11 is 0. The topological polar surface area (TPSA) is 129 Å². The number of hydrogen-bond donors (Lipinski definition) is 4. The maximum absolute atomic E-state index is 13.5. The summed E-state index contributed by atoms with van der Waals surface area (Å²) in [7, 11) is 1.59. The van der Waals surface area contributed by atoms with Crippen molar-refractivity contribution in [2.24, 2.45) is 17.8 Å². The predicted octanol–water partition coefficient (Wildman–Crippen LogP) is 4.44. The van der Waals surface area contributed by atoms with Gasteiger partial charge in [0, 0.05) is 25.2 Å². The predicted molar refractivity (Wildman–Crippen MR) is 182 cm³/mol. The Morgan fingerprint density at radius 2 is 1.66 bits per heavy atom. The lowest BCUT2D eigenvalue weighted by atomic mass is 9.72. The molecule has 1 aliphatic heterocycles. The zero-order chi connectivity index (χ0) is 34.0. The van der Waals surface area contributed by atoms with E-state index in [1.54, 1.807) is 26.2 Å². The number of rotatable bonds is 13. The molecule has 10 heteroatoms. The molecule has 10 nitrogen and oxygen atoms in total. The van der Waals surface area contributed by atoms with Crippen molar-refractivity contribution < 1.29 is 29.0 Å². The van der Waals surface area contributed by atoms with Crippen molar-refractivity contribution >= 4 is 17.9 Å². The van der Waals surface area contributed by atoms with Gasteiger partial charge in [0.25, 0.3) is 0 Å². The number of nitrogens with one attached hydrogen (secondary N) is 3. The number of aliphatic hydroxyl groups is 1. The summed E-state index contributed by atoms with van der Waals surface area (Å²) in [5.74, 6) is 0.881. The number of nitrogens with zero attached hydrogens (tertiary/aromatic N) is 1. The van der Waals surface area contributed by atoms with E-state index in [1.165, 1.54) is 12.8 Å². The summed E-state index contributed by atoms with van der Waals surface area (Å²) in [6.45, 7) is 8.88. The molecule has 47 heavy (non-hydrogen) atoms. The van der Waals surface area contributed by atoms with E-state index in [4.69, 9.17) is 9.47 Å².